The minimum Gasteiger partial charge on any atom is -0.545 e. The maximum atomic E-state index is 13.1. The molecule has 38 heavy (non-hydrogen) atoms. The maximum Gasteiger partial charge on any atom is 0.338 e. The lowest BCUT2D eigenvalue weighted by molar-refractivity contribution is -0.254. The molecule has 0 saturated carbocycles. The third-order valence-corrected chi connectivity index (χ3v) is 6.02. The predicted octanol–water partition coefficient (Wildman–Crippen LogP) is 3.91. The van der Waals surface area contributed by atoms with E-state index in [1.54, 1.807) is 20.8 Å². The Morgan fingerprint density at radius 3 is 2.53 bits per heavy atom. The summed E-state index contributed by atoms with van der Waals surface area (Å²) in [6.07, 6.45) is -5.80. The zero-order chi connectivity index (χ0) is 37.4. The van der Waals surface area contributed by atoms with E-state index in [0.717, 1.165) is 6.07 Å². The maximum absolute atomic E-state index is 13.1. The number of carboxylic acid groups (broad SMARTS) is 1. The molecule has 0 spiro atoms. The Bertz CT molecular complexity index is 2130. The van der Waals surface area contributed by atoms with Crippen LogP contribution in [0, 0.1) is 0 Å². The number of hydrogen-bond acceptors (Lipinski definition) is 6. The largest absolute Gasteiger partial charge is 0.545 e. The van der Waals surface area contributed by atoms with Crippen LogP contribution in [0.3, 0.4) is 0 Å². The first-order valence-electron chi connectivity index (χ1n) is 17.7. The molecule has 0 atom stereocenters. The predicted molar refractivity (Wildman–Crippen MR) is 144 cm³/mol. The van der Waals surface area contributed by atoms with E-state index in [0.29, 0.717) is 9.48 Å². The second-order valence-corrected chi connectivity index (χ2v) is 9.76. The molecule has 7 heteroatoms. The molecule has 6 rings (SSSR count). The Labute approximate surface area is 237 Å². The van der Waals surface area contributed by atoms with Gasteiger partial charge in [0, 0.05) is 63.9 Å². The minimum absolute atomic E-state index is 0.0244. The second kappa shape index (κ2) is 9.01. The van der Waals surface area contributed by atoms with Crippen LogP contribution in [-0.2, 0) is 4.74 Å². The van der Waals surface area contributed by atoms with Crippen LogP contribution in [0.25, 0.3) is 33.4 Å². The number of ether oxygens (including phenoxy) is 1. The van der Waals surface area contributed by atoms with Crippen LogP contribution in [0.2, 0.25) is 0 Å². The van der Waals surface area contributed by atoms with Crippen molar-refractivity contribution >= 4 is 28.6 Å². The van der Waals surface area contributed by atoms with E-state index in [-0.39, 0.29) is 55.6 Å². The molecule has 2 fully saturated rings. The van der Waals surface area contributed by atoms with Gasteiger partial charge in [-0.05, 0) is 63.0 Å². The fourth-order valence-electron chi connectivity index (χ4n) is 4.31. The fraction of sp³-hybridized carbons (Fsp3) is 0.323. The third-order valence-electron chi connectivity index (χ3n) is 6.02. The standard InChI is InChI=1S/C31H30N2O5/c1-31(2,3)38-30(36)19-6-9-22(29(34)35)25(16-19)28-23-10-7-20(32-12-4-13-32)17-26(23)37-27-18-21(8-11-24(27)28)33-14-5-15-33/h6-11,16-18H,4-5,12-15H2,1-3H3/i4D2,5D2,12D2,13D2,14D2,15D2. The molecule has 194 valence electrons. The number of aromatic carboxylic acids is 1. The fourth-order valence-corrected chi connectivity index (χ4v) is 4.31. The Morgan fingerprint density at radius 2 is 1.79 bits per heavy atom. The van der Waals surface area contributed by atoms with Gasteiger partial charge in [0.25, 0.3) is 0 Å². The van der Waals surface area contributed by atoms with E-state index in [4.69, 9.17) is 25.6 Å². The molecule has 4 aliphatic rings. The molecule has 3 aliphatic heterocycles. The number of carboxylic acids is 1. The van der Waals surface area contributed by atoms with Gasteiger partial charge in [0.15, 0.2) is 0 Å². The summed E-state index contributed by atoms with van der Waals surface area (Å²) in [5.74, 6) is -2.48. The van der Waals surface area contributed by atoms with Crippen molar-refractivity contribution < 1.29 is 40.3 Å². The van der Waals surface area contributed by atoms with Crippen molar-refractivity contribution in [2.45, 2.75) is 39.1 Å². The Hall–Kier alpha value is -4.13. The van der Waals surface area contributed by atoms with Crippen LogP contribution in [0.15, 0.2) is 59.0 Å². The van der Waals surface area contributed by atoms with Crippen LogP contribution in [0.4, 0.5) is 5.69 Å². The smallest absolute Gasteiger partial charge is 0.338 e. The molecule has 1 aliphatic carbocycles. The van der Waals surface area contributed by atoms with E-state index in [1.807, 2.05) is 0 Å². The van der Waals surface area contributed by atoms with Crippen LogP contribution in [0.5, 0.6) is 0 Å². The molecular formula is C31H30N2O5. The average molecular weight is 523 g/mol. The lowest BCUT2D eigenvalue weighted by Gasteiger charge is -2.33. The summed E-state index contributed by atoms with van der Waals surface area (Å²) in [6.45, 7) is -6.23. The van der Waals surface area contributed by atoms with E-state index in [2.05, 4.69) is 0 Å². The highest BCUT2D eigenvalue weighted by atomic mass is 16.6. The van der Waals surface area contributed by atoms with Gasteiger partial charge >= 0.3 is 5.97 Å². The molecule has 0 aromatic heterocycles. The molecule has 0 unspecified atom stereocenters. The molecular weight excluding hydrogens is 480 g/mol. The molecule has 3 heterocycles. The molecule has 2 aromatic rings. The molecule has 2 saturated heterocycles. The lowest BCUT2D eigenvalue weighted by Crippen LogP contribution is -2.40. The van der Waals surface area contributed by atoms with Crippen molar-refractivity contribution in [3.8, 4) is 22.5 Å². The Kier molecular flexibility index (Phi) is 3.35. The number of esters is 1. The van der Waals surface area contributed by atoms with E-state index in [9.17, 15) is 14.7 Å². The first-order valence-corrected chi connectivity index (χ1v) is 11.7. The van der Waals surface area contributed by atoms with Crippen molar-refractivity contribution in [2.75, 3.05) is 30.9 Å². The highest BCUT2D eigenvalue weighted by Gasteiger charge is 2.25. The normalized spacial score (nSPS) is 28.0. The number of carbonyl (C=O) groups is 2. The summed E-state index contributed by atoms with van der Waals surface area (Å²) in [7, 11) is 0. The monoisotopic (exact) mass is 522 g/mol. The summed E-state index contributed by atoms with van der Waals surface area (Å²) in [6, 6.07) is 11.5. The number of anilines is 1. The highest BCUT2D eigenvalue weighted by Crippen LogP contribution is 2.42. The van der Waals surface area contributed by atoms with Gasteiger partial charge in [-0.1, -0.05) is 6.07 Å². The summed E-state index contributed by atoms with van der Waals surface area (Å²) in [5.41, 5.74) is -1.23. The summed E-state index contributed by atoms with van der Waals surface area (Å²) in [5, 5.41) is 12.5. The van der Waals surface area contributed by atoms with Gasteiger partial charge in [0.2, 0.25) is 5.36 Å². The van der Waals surface area contributed by atoms with Gasteiger partial charge in [-0.25, -0.2) is 9.37 Å². The van der Waals surface area contributed by atoms with Gasteiger partial charge in [0.05, 0.1) is 24.0 Å². The third kappa shape index (κ3) is 4.32. The summed E-state index contributed by atoms with van der Waals surface area (Å²) >= 11 is 0. The van der Waals surface area contributed by atoms with Crippen LogP contribution in [-0.4, -0.2) is 43.5 Å². The van der Waals surface area contributed by atoms with Crippen LogP contribution in [0.1, 0.15) is 70.7 Å². The zero-order valence-electron chi connectivity index (χ0n) is 32.6. The Morgan fingerprint density at radius 1 is 1.00 bits per heavy atom. The van der Waals surface area contributed by atoms with Gasteiger partial charge < -0.3 is 24.0 Å². The average Bonchev–Trinajstić information content (AvgIpc) is 2.97. The van der Waals surface area contributed by atoms with Gasteiger partial charge in [-0.2, -0.15) is 0 Å². The number of fused-ring (bicyclic) bond motifs is 2. The van der Waals surface area contributed by atoms with Gasteiger partial charge in [0.1, 0.15) is 35.4 Å². The molecule has 7 nitrogen and oxygen atoms in total. The number of rotatable bonds is 4. The van der Waals surface area contributed by atoms with Crippen molar-refractivity contribution in [3.63, 3.8) is 0 Å². The molecule has 0 bridgehead atoms. The zero-order valence-corrected chi connectivity index (χ0v) is 20.6. The summed E-state index contributed by atoms with van der Waals surface area (Å²) < 4.78 is 110. The van der Waals surface area contributed by atoms with Crippen LogP contribution < -0.4 is 19.9 Å². The quantitative estimate of drug-likeness (QED) is 0.230. The van der Waals surface area contributed by atoms with Gasteiger partial charge in [-0.15, -0.1) is 0 Å². The first-order chi connectivity index (χ1) is 22.7. The SMILES string of the molecule is [2H]C1([2H])N(c2ccc3c(-c4cc(C(=O)OC(C)(C)C)ccc4C(=O)[O-])c4ccc(=[N+]5C([2H])([2H])C([2H])([2H])C5([2H])[2H])cc-4oc3c2)C([2H])([2H])C1([2H])[2H]. The number of benzene rings is 3. The van der Waals surface area contributed by atoms with Crippen molar-refractivity contribution in [1.29, 1.82) is 0 Å². The molecule has 0 radical (unpaired) electrons. The topological polar surface area (TPSA) is 85.8 Å². The van der Waals surface area contributed by atoms with Gasteiger partial charge in [-0.3, -0.25) is 0 Å². The Balaban J connectivity index is 1.69. The highest BCUT2D eigenvalue weighted by molar-refractivity contribution is 6.08. The molecule has 0 amide bonds. The first kappa shape index (κ1) is 14.1. The summed E-state index contributed by atoms with van der Waals surface area (Å²) in [4.78, 5) is 26.2. The van der Waals surface area contributed by atoms with Crippen molar-refractivity contribution in [3.05, 3.63) is 71.1 Å². The minimum atomic E-state index is -2.90. The van der Waals surface area contributed by atoms with E-state index < -0.39 is 56.3 Å². The van der Waals surface area contributed by atoms with Crippen molar-refractivity contribution in [2.24, 2.45) is 0 Å². The van der Waals surface area contributed by atoms with Crippen LogP contribution >= 0.6 is 0 Å². The second-order valence-electron chi connectivity index (χ2n) is 9.76. The van der Waals surface area contributed by atoms with E-state index in [1.165, 1.54) is 48.5 Å². The van der Waals surface area contributed by atoms with E-state index >= 15 is 0 Å². The van der Waals surface area contributed by atoms with Crippen molar-refractivity contribution in [1.82, 2.24) is 4.58 Å². The lowest BCUT2D eigenvalue weighted by atomic mass is 9.89. The number of nitrogens with zero attached hydrogens (tertiary/aromatic N) is 2. The number of hydrogen-bond donors (Lipinski definition) is 0. The molecule has 0 N–H and O–H groups in total. The molecule has 2 aromatic carbocycles. The number of carbonyl (C=O) groups excluding carboxylic acids is 2.